The summed E-state index contributed by atoms with van der Waals surface area (Å²) >= 11 is 0. The summed E-state index contributed by atoms with van der Waals surface area (Å²) in [6.07, 6.45) is 2.35. The van der Waals surface area contributed by atoms with Crippen LogP contribution < -0.4 is 10.2 Å². The first kappa shape index (κ1) is 23.1. The summed E-state index contributed by atoms with van der Waals surface area (Å²) < 4.78 is 40.4. The number of benzene rings is 2. The van der Waals surface area contributed by atoms with Crippen molar-refractivity contribution in [3.8, 4) is 0 Å². The van der Waals surface area contributed by atoms with E-state index in [1.54, 1.807) is 18.3 Å². The van der Waals surface area contributed by atoms with Gasteiger partial charge in [-0.2, -0.15) is 13.2 Å². The summed E-state index contributed by atoms with van der Waals surface area (Å²) in [6, 6.07) is 12.5. The third kappa shape index (κ3) is 4.78. The minimum Gasteiger partial charge on any atom is -0.322 e. The van der Waals surface area contributed by atoms with Gasteiger partial charge in [0.05, 0.1) is 16.8 Å². The normalized spacial score (nSPS) is 17.6. The van der Waals surface area contributed by atoms with Gasteiger partial charge in [-0.05, 0) is 55.2 Å². The molecule has 1 fully saturated rings. The van der Waals surface area contributed by atoms with Crippen molar-refractivity contribution in [3.63, 3.8) is 0 Å². The maximum atomic E-state index is 13.5. The van der Waals surface area contributed by atoms with E-state index in [0.717, 1.165) is 48.7 Å². The van der Waals surface area contributed by atoms with Crippen molar-refractivity contribution < 1.29 is 22.8 Å². The number of halogens is 3. The van der Waals surface area contributed by atoms with Gasteiger partial charge in [0.15, 0.2) is 0 Å². The van der Waals surface area contributed by atoms with E-state index in [0.29, 0.717) is 23.2 Å². The zero-order valence-corrected chi connectivity index (χ0v) is 18.9. The molecule has 5 rings (SSSR count). The molecule has 8 heteroatoms. The number of amides is 2. The number of carbonyl (C=O) groups excluding carboxylic acids is 2. The fourth-order valence-corrected chi connectivity index (χ4v) is 4.94. The highest BCUT2D eigenvalue weighted by atomic mass is 19.4. The minimum atomic E-state index is -4.53. The van der Waals surface area contributed by atoms with E-state index in [-0.39, 0.29) is 24.1 Å². The summed E-state index contributed by atoms with van der Waals surface area (Å²) in [5.41, 5.74) is 1.79. The number of pyridine rings is 1. The first-order valence-electron chi connectivity index (χ1n) is 11.7. The molecule has 3 aromatic rings. The van der Waals surface area contributed by atoms with Gasteiger partial charge in [0.2, 0.25) is 11.8 Å². The Bertz CT molecular complexity index is 1330. The highest BCUT2D eigenvalue weighted by Gasteiger charge is 2.36. The number of nitrogens with one attached hydrogen (secondary N) is 1. The Morgan fingerprint density at radius 3 is 2.63 bits per heavy atom. The lowest BCUT2D eigenvalue weighted by atomic mass is 9.92. The lowest BCUT2D eigenvalue weighted by Crippen LogP contribution is -2.39. The van der Waals surface area contributed by atoms with Gasteiger partial charge in [-0.3, -0.25) is 14.6 Å². The predicted octanol–water partition coefficient (Wildman–Crippen LogP) is 6.20. The van der Waals surface area contributed by atoms with E-state index in [1.807, 2.05) is 18.2 Å². The van der Waals surface area contributed by atoms with Crippen molar-refractivity contribution in [3.05, 3.63) is 71.9 Å². The molecule has 1 aliphatic heterocycles. The van der Waals surface area contributed by atoms with E-state index >= 15 is 0 Å². The number of carbonyl (C=O) groups is 2. The minimum absolute atomic E-state index is 0.129. The quantitative estimate of drug-likeness (QED) is 0.455. The number of nitrogens with zero attached hydrogens (tertiary/aromatic N) is 2. The molecule has 0 saturated heterocycles. The third-order valence-corrected chi connectivity index (χ3v) is 6.72. The Hall–Kier alpha value is -3.68. The number of rotatable bonds is 3. The maximum absolute atomic E-state index is 13.5. The SMILES string of the molecule is O=C(C=C1CCN(C(=O)C2CCCC2)c2cc(C(F)(F)F)ccc21)Nc1ccc2cccnc2c1. The van der Waals surface area contributed by atoms with E-state index in [1.165, 1.54) is 17.0 Å². The molecule has 0 atom stereocenters. The van der Waals surface area contributed by atoms with Gasteiger partial charge in [0.25, 0.3) is 0 Å². The Kier molecular flexibility index (Phi) is 6.05. The number of aromatic nitrogens is 1. The molecule has 1 N–H and O–H groups in total. The number of fused-ring (bicyclic) bond motifs is 2. The molecule has 1 aromatic heterocycles. The maximum Gasteiger partial charge on any atom is 0.416 e. The summed E-state index contributed by atoms with van der Waals surface area (Å²) in [4.78, 5) is 31.7. The van der Waals surface area contributed by atoms with Crippen LogP contribution in [0.4, 0.5) is 24.5 Å². The van der Waals surface area contributed by atoms with Gasteiger partial charge in [-0.25, -0.2) is 0 Å². The van der Waals surface area contributed by atoms with Crippen LogP contribution in [0, 0.1) is 5.92 Å². The Balaban J connectivity index is 1.45. The lowest BCUT2D eigenvalue weighted by molar-refractivity contribution is -0.137. The van der Waals surface area contributed by atoms with Crippen molar-refractivity contribution in [2.75, 3.05) is 16.8 Å². The van der Waals surface area contributed by atoms with Gasteiger partial charge < -0.3 is 10.2 Å². The number of hydrogen-bond acceptors (Lipinski definition) is 3. The molecule has 5 nitrogen and oxygen atoms in total. The molecule has 0 radical (unpaired) electrons. The van der Waals surface area contributed by atoms with Crippen LogP contribution in [0.15, 0.2) is 60.8 Å². The van der Waals surface area contributed by atoms with Crippen LogP contribution in [0.2, 0.25) is 0 Å². The average molecular weight is 480 g/mol. The number of alkyl halides is 3. The summed E-state index contributed by atoms with van der Waals surface area (Å²) in [7, 11) is 0. The first-order chi connectivity index (χ1) is 16.8. The standard InChI is InChI=1S/C27H24F3N3O2/c28-27(29,30)20-8-10-22-19(11-13-33(24(22)15-20)26(35)18-4-1-2-5-18)14-25(34)32-21-9-7-17-6-3-12-31-23(17)16-21/h3,6-10,12,14-16,18H,1-2,4-5,11,13H2,(H,32,34). The molecule has 1 saturated carbocycles. The predicted molar refractivity (Wildman–Crippen MR) is 129 cm³/mol. The van der Waals surface area contributed by atoms with Crippen molar-refractivity contribution in [1.29, 1.82) is 0 Å². The molecule has 35 heavy (non-hydrogen) atoms. The second kappa shape index (κ2) is 9.17. The largest absolute Gasteiger partial charge is 0.416 e. The monoisotopic (exact) mass is 479 g/mol. The molecular formula is C27H24F3N3O2. The van der Waals surface area contributed by atoms with E-state index < -0.39 is 17.6 Å². The molecule has 1 aliphatic carbocycles. The van der Waals surface area contributed by atoms with Crippen LogP contribution >= 0.6 is 0 Å². The van der Waals surface area contributed by atoms with E-state index in [9.17, 15) is 22.8 Å². The molecule has 2 aliphatic rings. The molecule has 2 amide bonds. The van der Waals surface area contributed by atoms with Crippen LogP contribution in [-0.4, -0.2) is 23.3 Å². The molecule has 180 valence electrons. The van der Waals surface area contributed by atoms with Crippen molar-refractivity contribution in [2.45, 2.75) is 38.3 Å². The van der Waals surface area contributed by atoms with E-state index in [4.69, 9.17) is 0 Å². The zero-order valence-electron chi connectivity index (χ0n) is 18.9. The fourth-order valence-electron chi connectivity index (χ4n) is 4.94. The first-order valence-corrected chi connectivity index (χ1v) is 11.7. The topological polar surface area (TPSA) is 62.3 Å². The number of hydrogen-bond donors (Lipinski definition) is 1. The fraction of sp³-hybridized carbons (Fsp3) is 0.296. The van der Waals surface area contributed by atoms with Gasteiger partial charge in [-0.1, -0.05) is 31.0 Å². The molecule has 2 aromatic carbocycles. The molecule has 2 heterocycles. The van der Waals surface area contributed by atoms with Crippen LogP contribution in [0.1, 0.15) is 43.2 Å². The van der Waals surface area contributed by atoms with Crippen LogP contribution in [0.3, 0.4) is 0 Å². The highest BCUT2D eigenvalue weighted by molar-refractivity contribution is 6.07. The van der Waals surface area contributed by atoms with Crippen LogP contribution in [-0.2, 0) is 15.8 Å². The second-order valence-electron chi connectivity index (χ2n) is 9.02. The molecule has 0 unspecified atom stereocenters. The van der Waals surface area contributed by atoms with Gasteiger partial charge in [-0.15, -0.1) is 0 Å². The van der Waals surface area contributed by atoms with Crippen LogP contribution in [0.5, 0.6) is 0 Å². The van der Waals surface area contributed by atoms with Crippen LogP contribution in [0.25, 0.3) is 16.5 Å². The molecular weight excluding hydrogens is 455 g/mol. The van der Waals surface area contributed by atoms with Gasteiger partial charge >= 0.3 is 6.18 Å². The van der Waals surface area contributed by atoms with Crippen molar-refractivity contribution in [1.82, 2.24) is 4.98 Å². The van der Waals surface area contributed by atoms with Gasteiger partial charge in [0, 0.05) is 41.4 Å². The third-order valence-electron chi connectivity index (χ3n) is 6.72. The average Bonchev–Trinajstić information content (AvgIpc) is 3.38. The Labute approximate surface area is 200 Å². The number of anilines is 2. The Morgan fingerprint density at radius 2 is 1.86 bits per heavy atom. The van der Waals surface area contributed by atoms with Gasteiger partial charge in [0.1, 0.15) is 0 Å². The lowest BCUT2D eigenvalue weighted by Gasteiger charge is -2.33. The smallest absolute Gasteiger partial charge is 0.322 e. The van der Waals surface area contributed by atoms with Crippen molar-refractivity contribution >= 4 is 39.7 Å². The van der Waals surface area contributed by atoms with Crippen molar-refractivity contribution in [2.24, 2.45) is 5.92 Å². The summed E-state index contributed by atoms with van der Waals surface area (Å²) in [6.45, 7) is 0.239. The zero-order chi connectivity index (χ0) is 24.6. The van der Waals surface area contributed by atoms with E-state index in [2.05, 4.69) is 10.3 Å². The highest BCUT2D eigenvalue weighted by Crippen LogP contribution is 2.41. The second-order valence-corrected chi connectivity index (χ2v) is 9.02. The summed E-state index contributed by atoms with van der Waals surface area (Å²) in [5, 5.41) is 3.75. The molecule has 0 spiro atoms. The molecule has 0 bridgehead atoms. The Morgan fingerprint density at radius 1 is 1.06 bits per heavy atom. The summed E-state index contributed by atoms with van der Waals surface area (Å²) in [5.74, 6) is -0.681.